The monoisotopic (exact) mass is 328 g/mol. The molecule has 1 saturated heterocycles. The molecule has 1 aromatic heterocycles. The molecule has 1 aliphatic heterocycles. The van der Waals surface area contributed by atoms with Crippen LogP contribution < -0.4 is 5.32 Å². The van der Waals surface area contributed by atoms with E-state index in [1.54, 1.807) is 0 Å². The van der Waals surface area contributed by atoms with Crippen molar-refractivity contribution in [2.24, 2.45) is 0 Å². The number of benzene rings is 1. The fourth-order valence-corrected chi connectivity index (χ4v) is 3.88. The Morgan fingerprint density at radius 1 is 1.14 bits per heavy atom. The first-order valence-electron chi connectivity index (χ1n) is 6.80. The van der Waals surface area contributed by atoms with E-state index in [0.717, 1.165) is 37.1 Å². The third kappa shape index (κ3) is 3.26. The third-order valence-electron chi connectivity index (χ3n) is 3.64. The van der Waals surface area contributed by atoms with Crippen LogP contribution in [0.5, 0.6) is 0 Å². The van der Waals surface area contributed by atoms with E-state index in [1.165, 1.54) is 23.5 Å². The van der Waals surface area contributed by atoms with Crippen LogP contribution in [0.1, 0.15) is 16.5 Å². The van der Waals surface area contributed by atoms with E-state index in [-0.39, 0.29) is 6.04 Å². The summed E-state index contributed by atoms with van der Waals surface area (Å²) in [6.07, 6.45) is 0. The zero-order chi connectivity index (χ0) is 14.8. The number of nitrogens with one attached hydrogen (secondary N) is 1. The van der Waals surface area contributed by atoms with Gasteiger partial charge in [-0.3, -0.25) is 4.90 Å². The van der Waals surface area contributed by atoms with E-state index in [9.17, 15) is 8.78 Å². The molecular weight excluding hydrogens is 314 g/mol. The standard InChI is InChI=1S/C15H15ClF2N2S/c16-14-4-3-13(21-14)15(20-7-5-19-6-8-20)11-2-1-10(17)9-12(11)18/h1-4,9,15,19H,5-8H2. The second-order valence-corrected chi connectivity index (χ2v) is 6.74. The van der Waals surface area contributed by atoms with E-state index >= 15 is 0 Å². The molecule has 112 valence electrons. The summed E-state index contributed by atoms with van der Waals surface area (Å²) >= 11 is 7.47. The number of thiophene rings is 1. The van der Waals surface area contributed by atoms with Gasteiger partial charge in [-0.25, -0.2) is 8.78 Å². The predicted octanol–water partition coefficient (Wildman–Crippen LogP) is 3.67. The first-order chi connectivity index (χ1) is 10.1. The summed E-state index contributed by atoms with van der Waals surface area (Å²) in [4.78, 5) is 3.18. The highest BCUT2D eigenvalue weighted by Crippen LogP contribution is 2.36. The Bertz CT molecular complexity index is 626. The zero-order valence-corrected chi connectivity index (χ0v) is 12.9. The topological polar surface area (TPSA) is 15.3 Å². The van der Waals surface area contributed by atoms with Gasteiger partial charge in [0.25, 0.3) is 0 Å². The summed E-state index contributed by atoms with van der Waals surface area (Å²) in [5, 5.41) is 3.28. The van der Waals surface area contributed by atoms with Crippen LogP contribution in [0, 0.1) is 11.6 Å². The lowest BCUT2D eigenvalue weighted by molar-refractivity contribution is 0.197. The summed E-state index contributed by atoms with van der Waals surface area (Å²) in [5.74, 6) is -1.07. The maximum absolute atomic E-state index is 14.2. The Balaban J connectivity index is 2.02. The minimum Gasteiger partial charge on any atom is -0.314 e. The molecule has 0 bridgehead atoms. The summed E-state index contributed by atoms with van der Waals surface area (Å²) in [6, 6.07) is 7.30. The Hall–Kier alpha value is -1.01. The Morgan fingerprint density at radius 3 is 2.52 bits per heavy atom. The number of piperazine rings is 1. The molecule has 2 nitrogen and oxygen atoms in total. The van der Waals surface area contributed by atoms with E-state index in [0.29, 0.717) is 9.90 Å². The third-order valence-corrected chi connectivity index (χ3v) is 4.92. The summed E-state index contributed by atoms with van der Waals surface area (Å²) in [7, 11) is 0. The SMILES string of the molecule is Fc1ccc(C(c2ccc(Cl)s2)N2CCNCC2)c(F)c1. The van der Waals surface area contributed by atoms with Crippen molar-refractivity contribution in [3.05, 3.63) is 56.7 Å². The maximum atomic E-state index is 14.2. The van der Waals surface area contributed by atoms with Gasteiger partial charge in [0.15, 0.2) is 0 Å². The van der Waals surface area contributed by atoms with E-state index in [2.05, 4.69) is 10.2 Å². The molecule has 0 radical (unpaired) electrons. The van der Waals surface area contributed by atoms with Crippen LogP contribution in [0.3, 0.4) is 0 Å². The van der Waals surface area contributed by atoms with Gasteiger partial charge in [0.1, 0.15) is 11.6 Å². The van der Waals surface area contributed by atoms with Crippen LogP contribution in [0.25, 0.3) is 0 Å². The van der Waals surface area contributed by atoms with Crippen molar-refractivity contribution < 1.29 is 8.78 Å². The molecule has 1 fully saturated rings. The maximum Gasteiger partial charge on any atom is 0.131 e. The number of nitrogens with zero attached hydrogens (tertiary/aromatic N) is 1. The molecule has 1 atom stereocenters. The molecule has 0 amide bonds. The predicted molar refractivity (Wildman–Crippen MR) is 82.0 cm³/mol. The van der Waals surface area contributed by atoms with Crippen molar-refractivity contribution in [3.8, 4) is 0 Å². The molecule has 2 aromatic rings. The van der Waals surface area contributed by atoms with E-state index < -0.39 is 11.6 Å². The number of rotatable bonds is 3. The molecule has 1 unspecified atom stereocenters. The molecule has 1 N–H and O–H groups in total. The summed E-state index contributed by atoms with van der Waals surface area (Å²) in [5.41, 5.74) is 0.497. The van der Waals surface area contributed by atoms with Crippen LogP contribution in [-0.2, 0) is 0 Å². The van der Waals surface area contributed by atoms with Crippen molar-refractivity contribution in [2.75, 3.05) is 26.2 Å². The fourth-order valence-electron chi connectivity index (χ4n) is 2.67. The molecule has 1 aromatic carbocycles. The Kier molecular flexibility index (Phi) is 4.54. The summed E-state index contributed by atoms with van der Waals surface area (Å²) < 4.78 is 28.1. The molecule has 3 rings (SSSR count). The molecular formula is C15H15ClF2N2S. The fraction of sp³-hybridized carbons (Fsp3) is 0.333. The van der Waals surface area contributed by atoms with Gasteiger partial charge < -0.3 is 5.32 Å². The van der Waals surface area contributed by atoms with E-state index in [1.807, 2.05) is 12.1 Å². The molecule has 1 aliphatic rings. The van der Waals surface area contributed by atoms with Gasteiger partial charge in [0.2, 0.25) is 0 Å². The van der Waals surface area contributed by atoms with Crippen molar-refractivity contribution in [1.29, 1.82) is 0 Å². The van der Waals surface area contributed by atoms with Gasteiger partial charge in [-0.05, 0) is 18.2 Å². The van der Waals surface area contributed by atoms with Crippen LogP contribution >= 0.6 is 22.9 Å². The van der Waals surface area contributed by atoms with Gasteiger partial charge >= 0.3 is 0 Å². The smallest absolute Gasteiger partial charge is 0.131 e. The Morgan fingerprint density at radius 2 is 1.90 bits per heavy atom. The molecule has 21 heavy (non-hydrogen) atoms. The highest BCUT2D eigenvalue weighted by molar-refractivity contribution is 7.16. The van der Waals surface area contributed by atoms with Gasteiger partial charge in [0, 0.05) is 42.7 Å². The molecule has 0 aliphatic carbocycles. The zero-order valence-electron chi connectivity index (χ0n) is 11.3. The van der Waals surface area contributed by atoms with Gasteiger partial charge in [-0.2, -0.15) is 0 Å². The quantitative estimate of drug-likeness (QED) is 0.924. The van der Waals surface area contributed by atoms with E-state index in [4.69, 9.17) is 11.6 Å². The van der Waals surface area contributed by atoms with Crippen LogP contribution in [0.2, 0.25) is 4.34 Å². The second-order valence-electron chi connectivity index (χ2n) is 5.00. The Labute approximate surface area is 131 Å². The minimum absolute atomic E-state index is 0.217. The van der Waals surface area contributed by atoms with Crippen LogP contribution in [-0.4, -0.2) is 31.1 Å². The first-order valence-corrected chi connectivity index (χ1v) is 7.99. The van der Waals surface area contributed by atoms with Crippen molar-refractivity contribution >= 4 is 22.9 Å². The van der Waals surface area contributed by atoms with Crippen molar-refractivity contribution in [2.45, 2.75) is 6.04 Å². The minimum atomic E-state index is -0.556. The van der Waals surface area contributed by atoms with Gasteiger partial charge in [-0.15, -0.1) is 11.3 Å². The normalized spacial score (nSPS) is 17.9. The average Bonchev–Trinajstić information content (AvgIpc) is 2.89. The van der Waals surface area contributed by atoms with Crippen LogP contribution in [0.4, 0.5) is 8.78 Å². The molecule has 6 heteroatoms. The largest absolute Gasteiger partial charge is 0.314 e. The average molecular weight is 329 g/mol. The van der Waals surface area contributed by atoms with Gasteiger partial charge in [-0.1, -0.05) is 17.7 Å². The lowest BCUT2D eigenvalue weighted by atomic mass is 10.0. The highest BCUT2D eigenvalue weighted by atomic mass is 35.5. The highest BCUT2D eigenvalue weighted by Gasteiger charge is 2.27. The molecule has 2 heterocycles. The lowest BCUT2D eigenvalue weighted by Gasteiger charge is -2.34. The number of halogens is 3. The molecule has 0 saturated carbocycles. The van der Waals surface area contributed by atoms with Crippen LogP contribution in [0.15, 0.2) is 30.3 Å². The first kappa shape index (κ1) is 14.9. The summed E-state index contributed by atoms with van der Waals surface area (Å²) in [6.45, 7) is 3.35. The van der Waals surface area contributed by atoms with Gasteiger partial charge in [0.05, 0.1) is 10.4 Å². The number of hydrogen-bond donors (Lipinski definition) is 1. The van der Waals surface area contributed by atoms with Crippen molar-refractivity contribution in [3.63, 3.8) is 0 Å². The lowest BCUT2D eigenvalue weighted by Crippen LogP contribution is -2.45. The number of hydrogen-bond acceptors (Lipinski definition) is 3. The molecule has 0 spiro atoms. The second kappa shape index (κ2) is 6.40. The van der Waals surface area contributed by atoms with Crippen molar-refractivity contribution in [1.82, 2.24) is 10.2 Å².